The van der Waals surface area contributed by atoms with Gasteiger partial charge in [-0.15, -0.1) is 0 Å². The molecule has 0 bridgehead atoms. The second-order valence-corrected chi connectivity index (χ2v) is 20.1. The Kier molecular flexibility index (Phi) is 11.1. The van der Waals surface area contributed by atoms with Gasteiger partial charge in [-0.05, 0) is 98.7 Å². The molecule has 3 saturated carbocycles. The lowest BCUT2D eigenvalue weighted by Gasteiger charge is -2.58. The van der Waals surface area contributed by atoms with Crippen molar-refractivity contribution in [2.75, 3.05) is 13.2 Å². The maximum absolute atomic E-state index is 11.5. The van der Waals surface area contributed by atoms with E-state index in [2.05, 4.69) is 38.3 Å². The van der Waals surface area contributed by atoms with Gasteiger partial charge in [-0.2, -0.15) is 0 Å². The summed E-state index contributed by atoms with van der Waals surface area (Å²) in [6.07, 6.45) is -3.90. The Hall–Kier alpha value is -0.590. The molecular formula is C39H63O15P. The van der Waals surface area contributed by atoms with Crippen LogP contribution in [0.3, 0.4) is 0 Å². The minimum Gasteiger partial charge on any atom is -0.388 e. The van der Waals surface area contributed by atoms with E-state index in [1.165, 1.54) is 12.5 Å². The van der Waals surface area contributed by atoms with Gasteiger partial charge in [0.15, 0.2) is 18.4 Å². The van der Waals surface area contributed by atoms with Crippen LogP contribution >= 0.6 is 7.82 Å². The van der Waals surface area contributed by atoms with Gasteiger partial charge < -0.3 is 63.7 Å². The maximum Gasteiger partial charge on any atom is 0.469 e. The van der Waals surface area contributed by atoms with Crippen molar-refractivity contribution in [2.45, 2.75) is 172 Å². The van der Waals surface area contributed by atoms with Crippen LogP contribution < -0.4 is 0 Å². The minimum absolute atomic E-state index is 0.0237. The number of hydrogen-bond acceptors (Lipinski definition) is 13. The van der Waals surface area contributed by atoms with Gasteiger partial charge in [0.2, 0.25) is 0 Å². The number of ether oxygens (including phenoxy) is 6. The summed E-state index contributed by atoms with van der Waals surface area (Å²) >= 11 is 0. The van der Waals surface area contributed by atoms with Crippen LogP contribution in [0.25, 0.3) is 0 Å². The van der Waals surface area contributed by atoms with E-state index >= 15 is 0 Å². The first-order chi connectivity index (χ1) is 25.8. The summed E-state index contributed by atoms with van der Waals surface area (Å²) in [6, 6.07) is 0. The van der Waals surface area contributed by atoms with Gasteiger partial charge in [0, 0.05) is 12.3 Å². The zero-order chi connectivity index (χ0) is 39.4. The van der Waals surface area contributed by atoms with Crippen LogP contribution in [0, 0.1) is 46.3 Å². The second-order valence-electron chi connectivity index (χ2n) is 18.9. The third-order valence-electron chi connectivity index (χ3n) is 15.8. The fourth-order valence-corrected chi connectivity index (χ4v) is 13.0. The first-order valence-electron chi connectivity index (χ1n) is 20.6. The topological polar surface area (TPSA) is 223 Å². The molecule has 8 rings (SSSR count). The quantitative estimate of drug-likeness (QED) is 0.145. The Morgan fingerprint density at radius 3 is 2.33 bits per heavy atom. The molecule has 0 aromatic rings. The third kappa shape index (κ3) is 7.06. The van der Waals surface area contributed by atoms with Crippen molar-refractivity contribution in [3.8, 4) is 0 Å². The van der Waals surface area contributed by atoms with E-state index in [0.717, 1.165) is 51.6 Å². The molecule has 0 aromatic heterocycles. The molecule has 0 aromatic carbocycles. The first kappa shape index (κ1) is 41.2. The molecule has 4 saturated heterocycles. The summed E-state index contributed by atoms with van der Waals surface area (Å²) in [5.41, 5.74) is 1.50. The van der Waals surface area contributed by atoms with E-state index in [4.69, 9.17) is 28.4 Å². The Morgan fingerprint density at radius 1 is 0.855 bits per heavy atom. The number of phosphoric ester groups is 1. The number of rotatable bonds is 7. The van der Waals surface area contributed by atoms with Gasteiger partial charge in [-0.1, -0.05) is 39.3 Å². The summed E-state index contributed by atoms with van der Waals surface area (Å²) in [4.78, 5) is 18.6. The summed E-state index contributed by atoms with van der Waals surface area (Å²) in [6.45, 7) is 11.1. The smallest absolute Gasteiger partial charge is 0.388 e. The normalized spacial score (nSPS) is 55.3. The SMILES string of the molecule is CC1O[C@@H](OC2C(O)[C@H](O)C(COP(=O)(O)O)O[C@H]2O[C@H]2CC[C@@]3(C)C(=CC[C@H]4[C@@H]5C[C@@H]6O[C@]7(CC[C@@H](C)CO7)[C@@H](C)[C@@H]6[C@@]5(C)CC[C@@H]43)C2)[C@@H](O)C(O)[C@H]1O. The van der Waals surface area contributed by atoms with Crippen molar-refractivity contribution >= 4 is 7.82 Å². The average molecular weight is 803 g/mol. The van der Waals surface area contributed by atoms with E-state index in [1.54, 1.807) is 0 Å². The van der Waals surface area contributed by atoms with Crippen LogP contribution in [-0.4, -0.2) is 128 Å². The van der Waals surface area contributed by atoms with Crippen LogP contribution in [0.15, 0.2) is 11.6 Å². The molecule has 1 spiro atoms. The average Bonchev–Trinajstić information content (AvgIpc) is 3.58. The molecule has 8 aliphatic rings. The maximum atomic E-state index is 11.5. The molecule has 4 aliphatic carbocycles. The highest BCUT2D eigenvalue weighted by molar-refractivity contribution is 7.46. The molecule has 21 atom stereocenters. The van der Waals surface area contributed by atoms with Crippen LogP contribution in [0.1, 0.15) is 92.4 Å². The number of allylic oxidation sites excluding steroid dienone is 1. The summed E-state index contributed by atoms with van der Waals surface area (Å²) in [7, 11) is -4.94. The summed E-state index contributed by atoms with van der Waals surface area (Å²) < 4.78 is 53.7. The first-order valence-corrected chi connectivity index (χ1v) is 22.1. The van der Waals surface area contributed by atoms with Gasteiger partial charge in [0.05, 0.1) is 31.5 Å². The minimum atomic E-state index is -4.94. The van der Waals surface area contributed by atoms with Gasteiger partial charge >= 0.3 is 7.82 Å². The Bertz CT molecular complexity index is 1480. The highest BCUT2D eigenvalue weighted by atomic mass is 31.2. The zero-order valence-electron chi connectivity index (χ0n) is 32.6. The lowest BCUT2D eigenvalue weighted by Crippen LogP contribution is -2.64. The van der Waals surface area contributed by atoms with E-state index in [0.29, 0.717) is 48.3 Å². The molecule has 0 radical (unpaired) electrons. The molecule has 4 heterocycles. The Balaban J connectivity index is 0.976. The Morgan fingerprint density at radius 2 is 1.62 bits per heavy atom. The Labute approximate surface area is 323 Å². The van der Waals surface area contributed by atoms with Crippen molar-refractivity contribution in [3.05, 3.63) is 11.6 Å². The van der Waals surface area contributed by atoms with Crippen molar-refractivity contribution < 1.29 is 72.8 Å². The lowest BCUT2D eigenvalue weighted by molar-refractivity contribution is -0.369. The number of fused-ring (bicyclic) bond motifs is 7. The highest BCUT2D eigenvalue weighted by Gasteiger charge is 2.69. The van der Waals surface area contributed by atoms with Crippen LogP contribution in [-0.2, 0) is 37.5 Å². The number of aliphatic hydroxyl groups excluding tert-OH is 5. The molecule has 4 aliphatic heterocycles. The molecule has 55 heavy (non-hydrogen) atoms. The largest absolute Gasteiger partial charge is 0.469 e. The molecule has 0 amide bonds. The summed E-state index contributed by atoms with van der Waals surface area (Å²) in [5, 5.41) is 53.5. The van der Waals surface area contributed by atoms with Crippen molar-refractivity contribution in [1.29, 1.82) is 0 Å². The van der Waals surface area contributed by atoms with Gasteiger partial charge in [-0.25, -0.2) is 4.57 Å². The summed E-state index contributed by atoms with van der Waals surface area (Å²) in [5.74, 6) is 2.62. The number of hydrogen-bond donors (Lipinski definition) is 7. The van der Waals surface area contributed by atoms with Crippen molar-refractivity contribution in [1.82, 2.24) is 0 Å². The zero-order valence-corrected chi connectivity index (χ0v) is 33.5. The standard InChI is InChI=1S/C39H63O15P/c1-18-8-13-39(48-16-18)19(2)28-26(54-39)15-25-23-7-6-21-14-22(9-11-37(21,4)24(23)10-12-38(25,28)5)51-36-34(53-35-33(44)31(42)29(40)20(3)50-35)32(43)30(41)27(52-36)17-49-55(45,46)47/h6,18-20,22-36,40-44H,7-17H2,1-5H3,(H2,45,46,47)/t18-,19+,20?,22+,23-,24+,25+,26+,27?,28+,29+,30-,31?,32?,33+,34?,35+,36-,37+,38+,39-/m1/s1. The lowest BCUT2D eigenvalue weighted by atomic mass is 9.47. The van der Waals surface area contributed by atoms with Gasteiger partial charge in [-0.3, -0.25) is 4.52 Å². The monoisotopic (exact) mass is 802 g/mol. The molecule has 7 N–H and O–H groups in total. The van der Waals surface area contributed by atoms with Crippen molar-refractivity contribution in [3.63, 3.8) is 0 Å². The predicted molar refractivity (Wildman–Crippen MR) is 192 cm³/mol. The number of phosphoric acid groups is 1. The van der Waals surface area contributed by atoms with Crippen LogP contribution in [0.2, 0.25) is 0 Å². The fraction of sp³-hybridized carbons (Fsp3) is 0.949. The van der Waals surface area contributed by atoms with Crippen LogP contribution in [0.4, 0.5) is 0 Å². The van der Waals surface area contributed by atoms with Gasteiger partial charge in [0.25, 0.3) is 0 Å². The molecule has 314 valence electrons. The highest BCUT2D eigenvalue weighted by Crippen LogP contribution is 2.70. The molecule has 5 unspecified atom stereocenters. The number of aliphatic hydroxyl groups is 5. The predicted octanol–water partition coefficient (Wildman–Crippen LogP) is 2.51. The molecule has 16 heteroatoms. The second kappa shape index (κ2) is 14.8. The third-order valence-corrected chi connectivity index (χ3v) is 16.3. The van der Waals surface area contributed by atoms with Gasteiger partial charge in [0.1, 0.15) is 42.7 Å². The fourth-order valence-electron chi connectivity index (χ4n) is 12.7. The molecular weight excluding hydrogens is 739 g/mol. The molecule has 15 nitrogen and oxygen atoms in total. The van der Waals surface area contributed by atoms with E-state index in [-0.39, 0.29) is 23.0 Å². The van der Waals surface area contributed by atoms with E-state index in [9.17, 15) is 39.9 Å². The molecule has 7 fully saturated rings. The van der Waals surface area contributed by atoms with E-state index in [1.807, 2.05) is 0 Å². The van der Waals surface area contributed by atoms with E-state index < -0.39 is 81.6 Å². The van der Waals surface area contributed by atoms with Crippen LogP contribution in [0.5, 0.6) is 0 Å². The van der Waals surface area contributed by atoms with Crippen molar-refractivity contribution in [2.24, 2.45) is 46.3 Å².